The zero-order chi connectivity index (χ0) is 8.43. The van der Waals surface area contributed by atoms with Crippen LogP contribution in [-0.4, -0.2) is 11.1 Å². The lowest BCUT2D eigenvalue weighted by Gasteiger charge is -2.00. The molecule has 1 N–H and O–H groups in total. The fraction of sp³-hybridized carbons (Fsp3) is 0.375. The van der Waals surface area contributed by atoms with E-state index in [0.717, 1.165) is 9.75 Å². The molecule has 1 atom stereocenters. The van der Waals surface area contributed by atoms with E-state index in [0.29, 0.717) is 0 Å². The largest absolute Gasteiger partial charge is 0.481 e. The molecule has 0 aromatic carbocycles. The average molecular weight is 170 g/mol. The highest BCUT2D eigenvalue weighted by Gasteiger charge is 2.14. The van der Waals surface area contributed by atoms with Crippen LogP contribution in [0.3, 0.4) is 0 Å². The SMILES string of the molecule is Cc1ccc(C(C)C(=O)O)s1. The van der Waals surface area contributed by atoms with E-state index in [4.69, 9.17) is 5.11 Å². The van der Waals surface area contributed by atoms with Gasteiger partial charge in [-0.05, 0) is 26.0 Å². The third-order valence-electron chi connectivity index (χ3n) is 1.56. The summed E-state index contributed by atoms with van der Waals surface area (Å²) in [4.78, 5) is 12.6. The molecule has 0 saturated heterocycles. The van der Waals surface area contributed by atoms with Gasteiger partial charge < -0.3 is 5.11 Å². The smallest absolute Gasteiger partial charge is 0.311 e. The summed E-state index contributed by atoms with van der Waals surface area (Å²) < 4.78 is 0. The molecule has 1 unspecified atom stereocenters. The summed E-state index contributed by atoms with van der Waals surface area (Å²) in [5, 5.41) is 8.65. The number of rotatable bonds is 2. The van der Waals surface area contributed by atoms with Crippen molar-refractivity contribution in [3.63, 3.8) is 0 Å². The third-order valence-corrected chi connectivity index (χ3v) is 2.74. The van der Waals surface area contributed by atoms with Crippen LogP contribution in [0.4, 0.5) is 0 Å². The maximum Gasteiger partial charge on any atom is 0.311 e. The van der Waals surface area contributed by atoms with E-state index >= 15 is 0 Å². The van der Waals surface area contributed by atoms with Crippen molar-refractivity contribution in [2.75, 3.05) is 0 Å². The number of aliphatic carboxylic acids is 1. The van der Waals surface area contributed by atoms with E-state index in [1.165, 1.54) is 0 Å². The molecular weight excluding hydrogens is 160 g/mol. The molecule has 0 aliphatic carbocycles. The van der Waals surface area contributed by atoms with Crippen LogP contribution in [0, 0.1) is 6.92 Å². The van der Waals surface area contributed by atoms with Gasteiger partial charge in [-0.3, -0.25) is 4.79 Å². The van der Waals surface area contributed by atoms with Gasteiger partial charge in [0.2, 0.25) is 0 Å². The minimum absolute atomic E-state index is 0.367. The summed E-state index contributed by atoms with van der Waals surface area (Å²) in [7, 11) is 0. The highest BCUT2D eigenvalue weighted by atomic mass is 32.1. The summed E-state index contributed by atoms with van der Waals surface area (Å²) in [5.41, 5.74) is 0. The van der Waals surface area contributed by atoms with E-state index < -0.39 is 5.97 Å². The molecule has 1 aromatic rings. The van der Waals surface area contributed by atoms with E-state index in [9.17, 15) is 4.79 Å². The first-order chi connectivity index (χ1) is 5.11. The van der Waals surface area contributed by atoms with Gasteiger partial charge in [0.25, 0.3) is 0 Å². The summed E-state index contributed by atoms with van der Waals surface area (Å²) in [6.45, 7) is 3.68. The summed E-state index contributed by atoms with van der Waals surface area (Å²) in [5.74, 6) is -1.12. The number of carbonyl (C=O) groups is 1. The molecule has 0 bridgehead atoms. The molecule has 1 aromatic heterocycles. The van der Waals surface area contributed by atoms with Crippen LogP contribution in [0.25, 0.3) is 0 Å². The zero-order valence-electron chi connectivity index (χ0n) is 6.50. The van der Waals surface area contributed by atoms with Crippen molar-refractivity contribution in [2.24, 2.45) is 0 Å². The van der Waals surface area contributed by atoms with Gasteiger partial charge in [0.05, 0.1) is 5.92 Å². The number of thiophene rings is 1. The lowest BCUT2D eigenvalue weighted by molar-refractivity contribution is -0.138. The molecule has 0 aliphatic heterocycles. The molecule has 0 radical (unpaired) electrons. The minimum Gasteiger partial charge on any atom is -0.481 e. The number of aryl methyl sites for hydroxylation is 1. The summed E-state index contributed by atoms with van der Waals surface area (Å²) >= 11 is 1.54. The number of carboxylic acids is 1. The second kappa shape index (κ2) is 3.05. The number of hydrogen-bond donors (Lipinski definition) is 1. The van der Waals surface area contributed by atoms with E-state index in [1.54, 1.807) is 18.3 Å². The fourth-order valence-electron chi connectivity index (χ4n) is 0.808. The number of carboxylic acid groups (broad SMARTS) is 1. The Bertz CT molecular complexity index is 265. The van der Waals surface area contributed by atoms with Crippen LogP contribution in [0.5, 0.6) is 0 Å². The fourth-order valence-corrected chi connectivity index (χ4v) is 1.73. The molecule has 0 spiro atoms. The van der Waals surface area contributed by atoms with Crippen LogP contribution in [0.1, 0.15) is 22.6 Å². The van der Waals surface area contributed by atoms with Crippen LogP contribution < -0.4 is 0 Å². The van der Waals surface area contributed by atoms with Crippen LogP contribution in [0.2, 0.25) is 0 Å². The molecule has 1 heterocycles. The molecule has 11 heavy (non-hydrogen) atoms. The normalized spacial score (nSPS) is 12.9. The second-order valence-corrected chi connectivity index (χ2v) is 3.83. The van der Waals surface area contributed by atoms with Gasteiger partial charge in [-0.25, -0.2) is 0 Å². The van der Waals surface area contributed by atoms with Gasteiger partial charge in [-0.15, -0.1) is 11.3 Å². The van der Waals surface area contributed by atoms with Gasteiger partial charge in [-0.2, -0.15) is 0 Å². The van der Waals surface area contributed by atoms with Gasteiger partial charge in [0.1, 0.15) is 0 Å². The number of hydrogen-bond acceptors (Lipinski definition) is 2. The maximum atomic E-state index is 10.5. The topological polar surface area (TPSA) is 37.3 Å². The second-order valence-electron chi connectivity index (χ2n) is 2.51. The minimum atomic E-state index is -0.758. The summed E-state index contributed by atoms with van der Waals surface area (Å²) in [6, 6.07) is 3.82. The Morgan fingerprint density at radius 3 is 2.64 bits per heavy atom. The predicted molar refractivity (Wildman–Crippen MR) is 45.1 cm³/mol. The lowest BCUT2D eigenvalue weighted by Crippen LogP contribution is -2.04. The van der Waals surface area contributed by atoms with Crippen molar-refractivity contribution >= 4 is 17.3 Å². The average Bonchev–Trinajstić information content (AvgIpc) is 2.34. The Morgan fingerprint density at radius 2 is 2.27 bits per heavy atom. The first-order valence-corrected chi connectivity index (χ1v) is 4.22. The van der Waals surface area contributed by atoms with E-state index in [2.05, 4.69) is 0 Å². The van der Waals surface area contributed by atoms with Crippen molar-refractivity contribution in [3.05, 3.63) is 21.9 Å². The van der Waals surface area contributed by atoms with Crippen molar-refractivity contribution in [1.29, 1.82) is 0 Å². The van der Waals surface area contributed by atoms with Crippen molar-refractivity contribution in [3.8, 4) is 0 Å². The molecule has 60 valence electrons. The van der Waals surface area contributed by atoms with Gasteiger partial charge in [0, 0.05) is 9.75 Å². The molecule has 0 fully saturated rings. The van der Waals surface area contributed by atoms with Crippen molar-refractivity contribution < 1.29 is 9.90 Å². The third kappa shape index (κ3) is 1.80. The Morgan fingerprint density at radius 1 is 1.64 bits per heavy atom. The molecule has 0 aliphatic rings. The van der Waals surface area contributed by atoms with Gasteiger partial charge >= 0.3 is 5.97 Å². The molecular formula is C8H10O2S. The predicted octanol–water partition coefficient (Wildman–Crippen LogP) is 2.24. The van der Waals surface area contributed by atoms with Crippen LogP contribution >= 0.6 is 11.3 Å². The zero-order valence-corrected chi connectivity index (χ0v) is 7.31. The van der Waals surface area contributed by atoms with Gasteiger partial charge in [0.15, 0.2) is 0 Å². The van der Waals surface area contributed by atoms with E-state index in [-0.39, 0.29) is 5.92 Å². The van der Waals surface area contributed by atoms with Gasteiger partial charge in [-0.1, -0.05) is 0 Å². The maximum absolute atomic E-state index is 10.5. The quantitative estimate of drug-likeness (QED) is 0.739. The van der Waals surface area contributed by atoms with E-state index in [1.807, 2.05) is 19.1 Å². The Kier molecular flexibility index (Phi) is 2.29. The Hall–Kier alpha value is -0.830. The first kappa shape index (κ1) is 8.27. The highest BCUT2D eigenvalue weighted by Crippen LogP contribution is 2.23. The first-order valence-electron chi connectivity index (χ1n) is 3.40. The molecule has 3 heteroatoms. The molecule has 2 nitrogen and oxygen atoms in total. The van der Waals surface area contributed by atoms with Crippen LogP contribution in [0.15, 0.2) is 12.1 Å². The standard InChI is InChI=1S/C8H10O2S/c1-5-3-4-7(11-5)6(2)8(9)10/h3-4,6H,1-2H3,(H,9,10). The summed E-state index contributed by atoms with van der Waals surface area (Å²) in [6.07, 6.45) is 0. The molecule has 0 amide bonds. The molecule has 0 saturated carbocycles. The van der Waals surface area contributed by atoms with Crippen molar-refractivity contribution in [1.82, 2.24) is 0 Å². The Labute approximate surface area is 69.5 Å². The molecule has 1 rings (SSSR count). The highest BCUT2D eigenvalue weighted by molar-refractivity contribution is 7.12. The Balaban J connectivity index is 2.84. The monoisotopic (exact) mass is 170 g/mol. The van der Waals surface area contributed by atoms with Crippen molar-refractivity contribution in [2.45, 2.75) is 19.8 Å². The lowest BCUT2D eigenvalue weighted by atomic mass is 10.1. The van der Waals surface area contributed by atoms with Crippen LogP contribution in [-0.2, 0) is 4.79 Å².